The van der Waals surface area contributed by atoms with Crippen LogP contribution in [0.4, 0.5) is 5.69 Å². The highest BCUT2D eigenvalue weighted by molar-refractivity contribution is 8.00. The summed E-state index contributed by atoms with van der Waals surface area (Å²) in [6, 6.07) is 20.9. The molecular weight excluding hydrogens is 462 g/mol. The van der Waals surface area contributed by atoms with Crippen molar-refractivity contribution in [3.05, 3.63) is 83.4 Å². The van der Waals surface area contributed by atoms with E-state index >= 15 is 0 Å². The Bertz CT molecular complexity index is 1320. The molecule has 0 spiro atoms. The van der Waals surface area contributed by atoms with Crippen LogP contribution in [0.1, 0.15) is 21.9 Å². The predicted molar refractivity (Wildman–Crippen MR) is 138 cm³/mol. The van der Waals surface area contributed by atoms with Crippen molar-refractivity contribution in [2.75, 3.05) is 25.4 Å². The van der Waals surface area contributed by atoms with Gasteiger partial charge in [0, 0.05) is 11.3 Å². The number of nitrogens with zero attached hydrogens (tertiary/aromatic N) is 3. The molecule has 1 amide bonds. The highest BCUT2D eigenvalue weighted by Crippen LogP contribution is 2.37. The highest BCUT2D eigenvalue weighted by Gasteiger charge is 2.26. The Morgan fingerprint density at radius 2 is 1.63 bits per heavy atom. The Kier molecular flexibility index (Phi) is 7.26. The van der Waals surface area contributed by atoms with E-state index in [-0.39, 0.29) is 5.91 Å². The molecule has 3 N–H and O–H groups in total. The standard InChI is InChI=1S/C26H27N5O3S/c1-16-12-17(2)14-20(13-16)28-25(32)23(18-8-6-5-7-9-18)35-26-30-29-24(31(26)27)19-10-11-21(33-3)22(15-19)34-4/h5-15,23H,27H2,1-4H3,(H,28,32)/t23-/m0/s1. The molecule has 3 aromatic carbocycles. The third-order valence-corrected chi connectivity index (χ3v) is 6.57. The quantitative estimate of drug-likeness (QED) is 0.271. The number of hydrogen-bond donors (Lipinski definition) is 2. The van der Waals surface area contributed by atoms with E-state index in [4.69, 9.17) is 15.3 Å². The number of nitrogens with one attached hydrogen (secondary N) is 1. The zero-order valence-electron chi connectivity index (χ0n) is 20.0. The number of aryl methyl sites for hydroxylation is 2. The van der Waals surface area contributed by atoms with E-state index in [9.17, 15) is 4.79 Å². The number of thioether (sulfide) groups is 1. The topological polar surface area (TPSA) is 104 Å². The fourth-order valence-corrected chi connectivity index (χ4v) is 4.75. The number of benzene rings is 3. The first-order valence-corrected chi connectivity index (χ1v) is 11.8. The van der Waals surface area contributed by atoms with Gasteiger partial charge in [0.2, 0.25) is 11.1 Å². The molecule has 0 unspecified atom stereocenters. The summed E-state index contributed by atoms with van der Waals surface area (Å²) in [4.78, 5) is 13.4. The summed E-state index contributed by atoms with van der Waals surface area (Å²) in [5.41, 5.74) is 4.43. The van der Waals surface area contributed by atoms with E-state index in [1.807, 2.05) is 62.4 Å². The van der Waals surface area contributed by atoms with Gasteiger partial charge < -0.3 is 20.6 Å². The molecule has 35 heavy (non-hydrogen) atoms. The molecule has 0 fully saturated rings. The molecule has 4 aromatic rings. The van der Waals surface area contributed by atoms with Crippen molar-refractivity contribution < 1.29 is 14.3 Å². The van der Waals surface area contributed by atoms with E-state index in [0.717, 1.165) is 22.4 Å². The Morgan fingerprint density at radius 3 is 2.29 bits per heavy atom. The van der Waals surface area contributed by atoms with Crippen molar-refractivity contribution in [1.29, 1.82) is 0 Å². The Hall–Kier alpha value is -3.98. The van der Waals surface area contributed by atoms with Crippen LogP contribution in [0.5, 0.6) is 11.5 Å². The van der Waals surface area contributed by atoms with Crippen LogP contribution >= 0.6 is 11.8 Å². The van der Waals surface area contributed by atoms with Gasteiger partial charge in [0.1, 0.15) is 5.25 Å². The van der Waals surface area contributed by atoms with Crippen LogP contribution in [0, 0.1) is 13.8 Å². The third-order valence-electron chi connectivity index (χ3n) is 5.36. The molecule has 0 radical (unpaired) electrons. The van der Waals surface area contributed by atoms with E-state index in [1.54, 1.807) is 26.4 Å². The van der Waals surface area contributed by atoms with Crippen molar-refractivity contribution in [1.82, 2.24) is 14.9 Å². The van der Waals surface area contributed by atoms with Crippen LogP contribution in [0.2, 0.25) is 0 Å². The zero-order chi connectivity index (χ0) is 24.9. The van der Waals surface area contributed by atoms with Crippen molar-refractivity contribution in [2.24, 2.45) is 0 Å². The summed E-state index contributed by atoms with van der Waals surface area (Å²) in [6.45, 7) is 4.00. The number of aromatic nitrogens is 3. The molecule has 0 aliphatic carbocycles. The van der Waals surface area contributed by atoms with Gasteiger partial charge in [-0.3, -0.25) is 4.79 Å². The highest BCUT2D eigenvalue weighted by atomic mass is 32.2. The second-order valence-electron chi connectivity index (χ2n) is 8.02. The molecule has 9 heteroatoms. The number of carbonyl (C=O) groups excluding carboxylic acids is 1. The predicted octanol–water partition coefficient (Wildman–Crippen LogP) is 4.77. The monoisotopic (exact) mass is 489 g/mol. The van der Waals surface area contributed by atoms with Gasteiger partial charge in [-0.15, -0.1) is 10.2 Å². The lowest BCUT2D eigenvalue weighted by Crippen LogP contribution is -2.20. The van der Waals surface area contributed by atoms with E-state index in [1.165, 1.54) is 16.4 Å². The summed E-state index contributed by atoms with van der Waals surface area (Å²) in [5.74, 6) is 7.80. The minimum atomic E-state index is -0.596. The summed E-state index contributed by atoms with van der Waals surface area (Å²) in [7, 11) is 3.14. The fourth-order valence-electron chi connectivity index (χ4n) is 3.79. The van der Waals surface area contributed by atoms with E-state index in [0.29, 0.717) is 28.0 Å². The average Bonchev–Trinajstić information content (AvgIpc) is 3.21. The van der Waals surface area contributed by atoms with E-state index < -0.39 is 5.25 Å². The van der Waals surface area contributed by atoms with Gasteiger partial charge in [-0.1, -0.05) is 48.2 Å². The van der Waals surface area contributed by atoms with Crippen molar-refractivity contribution >= 4 is 23.4 Å². The number of ether oxygens (including phenoxy) is 2. The number of rotatable bonds is 8. The van der Waals surface area contributed by atoms with Crippen LogP contribution in [-0.2, 0) is 4.79 Å². The second kappa shape index (κ2) is 10.5. The zero-order valence-corrected chi connectivity index (χ0v) is 20.8. The SMILES string of the molecule is COc1ccc(-c2nnc(S[C@H](C(=O)Nc3cc(C)cc(C)c3)c3ccccc3)n2N)cc1OC. The molecule has 0 aliphatic rings. The normalized spacial score (nSPS) is 11.7. The number of carbonyl (C=O) groups is 1. The second-order valence-corrected chi connectivity index (χ2v) is 9.09. The molecule has 0 bridgehead atoms. The largest absolute Gasteiger partial charge is 0.493 e. The first-order chi connectivity index (χ1) is 16.9. The molecule has 1 aromatic heterocycles. The van der Waals surface area contributed by atoms with Gasteiger partial charge in [-0.05, 0) is 60.9 Å². The van der Waals surface area contributed by atoms with Crippen LogP contribution in [0.15, 0.2) is 71.9 Å². The van der Waals surface area contributed by atoms with Gasteiger partial charge in [0.05, 0.1) is 14.2 Å². The number of methoxy groups -OCH3 is 2. The van der Waals surface area contributed by atoms with Crippen molar-refractivity contribution in [2.45, 2.75) is 24.3 Å². The molecular formula is C26H27N5O3S. The van der Waals surface area contributed by atoms with Crippen LogP contribution in [0.25, 0.3) is 11.4 Å². The minimum absolute atomic E-state index is 0.179. The van der Waals surface area contributed by atoms with Gasteiger partial charge in [0.25, 0.3) is 0 Å². The molecule has 1 heterocycles. The number of amides is 1. The summed E-state index contributed by atoms with van der Waals surface area (Å²) in [6.07, 6.45) is 0. The number of nitrogen functional groups attached to an aromatic ring is 1. The molecule has 1 atom stereocenters. The van der Waals surface area contributed by atoms with Gasteiger partial charge in [-0.25, -0.2) is 4.68 Å². The first-order valence-electron chi connectivity index (χ1n) is 10.9. The molecule has 4 rings (SSSR count). The lowest BCUT2D eigenvalue weighted by Gasteiger charge is -2.17. The smallest absolute Gasteiger partial charge is 0.242 e. The minimum Gasteiger partial charge on any atom is -0.493 e. The van der Waals surface area contributed by atoms with Crippen LogP contribution < -0.4 is 20.6 Å². The summed E-state index contributed by atoms with van der Waals surface area (Å²) >= 11 is 1.23. The number of anilines is 1. The summed E-state index contributed by atoms with van der Waals surface area (Å²) in [5, 5.41) is 11.4. The van der Waals surface area contributed by atoms with Crippen LogP contribution in [-0.4, -0.2) is 35.0 Å². The lowest BCUT2D eigenvalue weighted by molar-refractivity contribution is -0.115. The lowest BCUT2D eigenvalue weighted by atomic mass is 10.1. The van der Waals surface area contributed by atoms with Crippen molar-refractivity contribution in [3.8, 4) is 22.9 Å². The molecule has 8 nitrogen and oxygen atoms in total. The first kappa shape index (κ1) is 24.2. The maximum Gasteiger partial charge on any atom is 0.242 e. The van der Waals surface area contributed by atoms with E-state index in [2.05, 4.69) is 21.6 Å². The maximum atomic E-state index is 13.4. The molecule has 0 aliphatic heterocycles. The van der Waals surface area contributed by atoms with Crippen molar-refractivity contribution in [3.63, 3.8) is 0 Å². The third kappa shape index (κ3) is 5.41. The maximum absolute atomic E-state index is 13.4. The fraction of sp³-hybridized carbons (Fsp3) is 0.192. The van der Waals surface area contributed by atoms with Gasteiger partial charge in [-0.2, -0.15) is 0 Å². The molecule has 0 saturated carbocycles. The van der Waals surface area contributed by atoms with Crippen LogP contribution in [0.3, 0.4) is 0 Å². The number of nitrogens with two attached hydrogens (primary N) is 1. The summed E-state index contributed by atoms with van der Waals surface area (Å²) < 4.78 is 12.1. The molecule has 0 saturated heterocycles. The molecule has 180 valence electrons. The van der Waals surface area contributed by atoms with Gasteiger partial charge >= 0.3 is 0 Å². The average molecular weight is 490 g/mol. The number of hydrogen-bond acceptors (Lipinski definition) is 7. The van der Waals surface area contributed by atoms with Gasteiger partial charge in [0.15, 0.2) is 17.3 Å². The Balaban J connectivity index is 1.64. The Morgan fingerprint density at radius 1 is 0.943 bits per heavy atom. The Labute approximate surface area is 208 Å².